The summed E-state index contributed by atoms with van der Waals surface area (Å²) in [5.74, 6) is 0. The maximum absolute atomic E-state index is 2.38. The molecule has 0 radical (unpaired) electrons. The van der Waals surface area contributed by atoms with Crippen LogP contribution in [0.4, 0.5) is 0 Å². The Kier molecular flexibility index (Phi) is 1.86. The number of rotatable bonds is 1. The first-order valence-electron chi connectivity index (χ1n) is 3.29. The first-order valence-corrected chi connectivity index (χ1v) is 3.29. The molecule has 1 aliphatic rings. The van der Waals surface area contributed by atoms with Crippen LogP contribution in [0.1, 0.15) is 6.42 Å². The van der Waals surface area contributed by atoms with E-state index in [2.05, 4.69) is 24.3 Å². The molecule has 48 valence electrons. The molecule has 0 unspecified atom stereocenters. The topological polar surface area (TPSA) is 19.9 Å². The zero-order valence-corrected chi connectivity index (χ0v) is 5.72. The summed E-state index contributed by atoms with van der Waals surface area (Å²) in [5.41, 5.74) is 0. The van der Waals surface area contributed by atoms with Crippen LogP contribution in [0.2, 0.25) is 0 Å². The van der Waals surface area contributed by atoms with Gasteiger partial charge in [0.05, 0.1) is 19.1 Å². The first-order chi connectivity index (χ1) is 3.80. The average molecular weight is 115 g/mol. The molecule has 0 aliphatic carbocycles. The minimum Gasteiger partial charge on any atom is -0.345 e. The van der Waals surface area contributed by atoms with E-state index in [-0.39, 0.29) is 0 Å². The predicted octanol–water partition coefficient (Wildman–Crippen LogP) is -1.12. The zero-order chi connectivity index (χ0) is 5.98. The van der Waals surface area contributed by atoms with Crippen molar-refractivity contribution in [2.45, 2.75) is 12.5 Å². The molecule has 2 N–H and O–H groups in total. The fraction of sp³-hybridized carbons (Fsp3) is 1.00. The highest BCUT2D eigenvalue weighted by molar-refractivity contribution is 4.66. The van der Waals surface area contributed by atoms with Crippen molar-refractivity contribution in [1.29, 1.82) is 0 Å². The van der Waals surface area contributed by atoms with Crippen LogP contribution in [-0.4, -0.2) is 38.1 Å². The molecule has 1 fully saturated rings. The molecule has 0 bridgehead atoms. The Morgan fingerprint density at radius 2 is 2.25 bits per heavy atom. The van der Waals surface area contributed by atoms with Crippen LogP contribution in [0.3, 0.4) is 0 Å². The molecule has 0 saturated carbocycles. The fourth-order valence-corrected chi connectivity index (χ4v) is 1.21. The largest absolute Gasteiger partial charge is 0.345 e. The van der Waals surface area contributed by atoms with E-state index in [1.54, 1.807) is 0 Å². The normalized spacial score (nSPS) is 29.6. The van der Waals surface area contributed by atoms with E-state index >= 15 is 0 Å². The van der Waals surface area contributed by atoms with Gasteiger partial charge in [-0.2, -0.15) is 0 Å². The molecule has 0 aromatic carbocycles. The van der Waals surface area contributed by atoms with Crippen LogP contribution in [0.5, 0.6) is 0 Å². The lowest BCUT2D eigenvalue weighted by molar-refractivity contribution is -0.637. The molecule has 1 saturated heterocycles. The minimum absolute atomic E-state index is 0.843. The van der Waals surface area contributed by atoms with Crippen molar-refractivity contribution in [2.24, 2.45) is 0 Å². The van der Waals surface area contributed by atoms with E-state index < -0.39 is 0 Å². The lowest BCUT2D eigenvalue weighted by Gasteiger charge is -2.14. The second-order valence-corrected chi connectivity index (χ2v) is 2.72. The molecular formula is C6H15N2+. The third kappa shape index (κ3) is 1.20. The van der Waals surface area contributed by atoms with E-state index in [4.69, 9.17) is 0 Å². The van der Waals surface area contributed by atoms with Gasteiger partial charge in [0.1, 0.15) is 0 Å². The van der Waals surface area contributed by atoms with Gasteiger partial charge in [0.15, 0.2) is 0 Å². The lowest BCUT2D eigenvalue weighted by Crippen LogP contribution is -2.82. The number of hydrogen-bond donors (Lipinski definition) is 1. The van der Waals surface area contributed by atoms with Crippen molar-refractivity contribution in [3.05, 3.63) is 0 Å². The molecule has 8 heavy (non-hydrogen) atoms. The van der Waals surface area contributed by atoms with Gasteiger partial charge in [-0.1, -0.05) is 0 Å². The van der Waals surface area contributed by atoms with Gasteiger partial charge >= 0.3 is 0 Å². The second kappa shape index (κ2) is 2.46. The number of nitrogens with zero attached hydrogens (tertiary/aromatic N) is 1. The van der Waals surface area contributed by atoms with Crippen LogP contribution in [0.15, 0.2) is 0 Å². The van der Waals surface area contributed by atoms with Gasteiger partial charge in [-0.25, -0.2) is 0 Å². The van der Waals surface area contributed by atoms with Crippen LogP contribution >= 0.6 is 0 Å². The summed E-state index contributed by atoms with van der Waals surface area (Å²) in [6, 6.07) is 0.843. The van der Waals surface area contributed by atoms with Gasteiger partial charge < -0.3 is 10.2 Å². The van der Waals surface area contributed by atoms with Crippen molar-refractivity contribution in [3.63, 3.8) is 0 Å². The fourth-order valence-electron chi connectivity index (χ4n) is 1.21. The van der Waals surface area contributed by atoms with E-state index in [0.29, 0.717) is 0 Å². The van der Waals surface area contributed by atoms with E-state index in [9.17, 15) is 0 Å². The van der Waals surface area contributed by atoms with Gasteiger partial charge in [0.2, 0.25) is 0 Å². The Morgan fingerprint density at radius 3 is 2.50 bits per heavy atom. The molecule has 1 aliphatic heterocycles. The third-order valence-corrected chi connectivity index (χ3v) is 1.87. The van der Waals surface area contributed by atoms with Crippen LogP contribution in [0.25, 0.3) is 0 Å². The van der Waals surface area contributed by atoms with Crippen LogP contribution in [-0.2, 0) is 0 Å². The maximum Gasteiger partial charge on any atom is 0.0915 e. The van der Waals surface area contributed by atoms with Crippen molar-refractivity contribution >= 4 is 0 Å². The molecule has 0 spiro atoms. The van der Waals surface area contributed by atoms with Crippen LogP contribution < -0.4 is 5.32 Å². The minimum atomic E-state index is 0.843. The van der Waals surface area contributed by atoms with Gasteiger partial charge in [-0.3, -0.25) is 0 Å². The van der Waals surface area contributed by atoms with Crippen molar-refractivity contribution < 1.29 is 5.32 Å². The molecule has 1 heterocycles. The Bertz CT molecular complexity index is 64.9. The Hall–Kier alpha value is -0.0800. The Labute approximate surface area is 50.9 Å². The summed E-state index contributed by atoms with van der Waals surface area (Å²) in [7, 11) is 4.31. The van der Waals surface area contributed by atoms with E-state index in [1.807, 2.05) is 0 Å². The average Bonchev–Trinajstić information content (AvgIpc) is 2.12. The molecule has 0 aromatic rings. The van der Waals surface area contributed by atoms with Gasteiger partial charge in [-0.05, 0) is 14.1 Å². The maximum atomic E-state index is 2.38. The smallest absolute Gasteiger partial charge is 0.0915 e. The highest BCUT2D eigenvalue weighted by atomic mass is 15.1. The third-order valence-electron chi connectivity index (χ3n) is 1.87. The number of nitrogens with two attached hydrogens (primary N) is 1. The highest BCUT2D eigenvalue weighted by Crippen LogP contribution is 1.96. The van der Waals surface area contributed by atoms with Gasteiger partial charge in [0, 0.05) is 6.42 Å². The predicted molar refractivity (Wildman–Crippen MR) is 33.8 cm³/mol. The SMILES string of the molecule is CN(C)[C@@H]1CC[NH2+]C1. The van der Waals surface area contributed by atoms with E-state index in [0.717, 1.165) is 6.04 Å². The number of hydrogen-bond acceptors (Lipinski definition) is 1. The van der Waals surface area contributed by atoms with Crippen molar-refractivity contribution in [3.8, 4) is 0 Å². The van der Waals surface area contributed by atoms with Gasteiger partial charge in [0.25, 0.3) is 0 Å². The molecule has 0 amide bonds. The summed E-state index contributed by atoms with van der Waals surface area (Å²) in [6.45, 7) is 2.62. The zero-order valence-electron chi connectivity index (χ0n) is 5.72. The summed E-state index contributed by atoms with van der Waals surface area (Å²) >= 11 is 0. The molecule has 2 nitrogen and oxygen atoms in total. The van der Waals surface area contributed by atoms with E-state index in [1.165, 1.54) is 19.5 Å². The second-order valence-electron chi connectivity index (χ2n) is 2.72. The molecule has 2 heteroatoms. The quantitative estimate of drug-likeness (QED) is 0.459. The number of quaternary nitrogens is 1. The Balaban J connectivity index is 2.24. The summed E-state index contributed by atoms with van der Waals surface area (Å²) < 4.78 is 0. The monoisotopic (exact) mass is 115 g/mol. The van der Waals surface area contributed by atoms with Crippen LogP contribution in [0, 0.1) is 0 Å². The highest BCUT2D eigenvalue weighted by Gasteiger charge is 2.18. The summed E-state index contributed by atoms with van der Waals surface area (Å²) in [5, 5.41) is 2.38. The molecule has 1 atom stereocenters. The first kappa shape index (κ1) is 6.05. The van der Waals surface area contributed by atoms with Crippen molar-refractivity contribution in [1.82, 2.24) is 4.90 Å². The van der Waals surface area contributed by atoms with Gasteiger partial charge in [-0.15, -0.1) is 0 Å². The molecular weight excluding hydrogens is 100 g/mol. The summed E-state index contributed by atoms with van der Waals surface area (Å²) in [4.78, 5) is 2.31. The Morgan fingerprint density at radius 1 is 1.50 bits per heavy atom. The number of likely N-dealkylation sites (N-methyl/N-ethyl adjacent to an activating group) is 1. The molecule has 1 rings (SSSR count). The molecule has 0 aromatic heterocycles. The van der Waals surface area contributed by atoms with Crippen molar-refractivity contribution in [2.75, 3.05) is 27.2 Å². The summed E-state index contributed by atoms with van der Waals surface area (Å²) in [6.07, 6.45) is 1.37. The lowest BCUT2D eigenvalue weighted by atomic mass is 10.2. The standard InChI is InChI=1S/C6H14N2/c1-8(2)6-3-4-7-5-6/h6-7H,3-5H2,1-2H3/p+1/t6-/m1/s1.